The van der Waals surface area contributed by atoms with E-state index in [1.165, 1.54) is 20.3 Å². The highest BCUT2D eigenvalue weighted by Crippen LogP contribution is 2.36. The zero-order valence-electron chi connectivity index (χ0n) is 10.6. The molecule has 0 unspecified atom stereocenters. The van der Waals surface area contributed by atoms with Crippen LogP contribution in [0.1, 0.15) is 10.5 Å². The Hall–Kier alpha value is -2.48. The first kappa shape index (κ1) is 13.9. The number of anilines is 2. The van der Waals surface area contributed by atoms with Crippen molar-refractivity contribution in [2.75, 3.05) is 25.3 Å². The molecule has 2 aromatic rings. The normalized spacial score (nSPS) is 10.2. The lowest BCUT2D eigenvalue weighted by atomic mass is 10.2. The number of carbonyl (C=O) groups is 1. The van der Waals surface area contributed by atoms with Gasteiger partial charge in [-0.2, -0.15) is 0 Å². The lowest BCUT2D eigenvalue weighted by molar-refractivity contribution is 0.101. The van der Waals surface area contributed by atoms with Gasteiger partial charge < -0.3 is 20.5 Å². The van der Waals surface area contributed by atoms with Gasteiger partial charge in [0.25, 0.3) is 5.91 Å². The Labute approximate surface area is 118 Å². The minimum absolute atomic E-state index is 0.110. The van der Waals surface area contributed by atoms with Crippen LogP contribution >= 0.6 is 11.6 Å². The fraction of sp³-hybridized carbons (Fsp3) is 0.182. The number of halogens is 1. The van der Waals surface area contributed by atoms with Crippen molar-refractivity contribution >= 4 is 29.0 Å². The van der Waals surface area contributed by atoms with E-state index in [1.807, 2.05) is 0 Å². The molecule has 20 heavy (non-hydrogen) atoms. The van der Waals surface area contributed by atoms with E-state index in [1.54, 1.807) is 6.07 Å². The number of benzene rings is 1. The number of nitrogens with one attached hydrogen (secondary N) is 1. The number of methoxy groups -OCH3 is 2. The van der Waals surface area contributed by atoms with Gasteiger partial charge in [-0.15, -0.1) is 0 Å². The molecule has 1 heterocycles. The number of aromatic nitrogens is 2. The summed E-state index contributed by atoms with van der Waals surface area (Å²) in [6, 6.07) is 3.03. The van der Waals surface area contributed by atoms with Crippen molar-refractivity contribution < 1.29 is 18.9 Å². The minimum Gasteiger partial charge on any atom is -0.495 e. The van der Waals surface area contributed by atoms with Gasteiger partial charge in [0.1, 0.15) is 11.5 Å². The maximum atomic E-state index is 11.9. The first-order valence-corrected chi connectivity index (χ1v) is 5.75. The fourth-order valence-electron chi connectivity index (χ4n) is 1.49. The third-order valence-electron chi connectivity index (χ3n) is 2.45. The number of carbonyl (C=O) groups excluding carboxylic acids is 1. The van der Waals surface area contributed by atoms with Crippen molar-refractivity contribution in [1.29, 1.82) is 0 Å². The molecule has 0 radical (unpaired) electrons. The summed E-state index contributed by atoms with van der Waals surface area (Å²) in [5.74, 6) is 0.0862. The maximum absolute atomic E-state index is 11.9. The summed E-state index contributed by atoms with van der Waals surface area (Å²) in [6.07, 6.45) is 0. The second kappa shape index (κ2) is 5.66. The Kier molecular flexibility index (Phi) is 3.94. The number of nitrogen functional groups attached to an aromatic ring is 1. The molecule has 9 heteroatoms. The van der Waals surface area contributed by atoms with Crippen molar-refractivity contribution in [2.24, 2.45) is 0 Å². The molecule has 106 valence electrons. The van der Waals surface area contributed by atoms with Crippen LogP contribution < -0.4 is 20.5 Å². The number of hydrogen-bond acceptors (Lipinski definition) is 7. The molecule has 8 nitrogen and oxygen atoms in total. The third-order valence-corrected chi connectivity index (χ3v) is 2.75. The van der Waals surface area contributed by atoms with Crippen molar-refractivity contribution in [3.63, 3.8) is 0 Å². The molecule has 0 aliphatic rings. The third kappa shape index (κ3) is 2.59. The van der Waals surface area contributed by atoms with Gasteiger partial charge in [-0.1, -0.05) is 11.6 Å². The van der Waals surface area contributed by atoms with Crippen LogP contribution in [-0.2, 0) is 0 Å². The molecule has 0 atom stereocenters. The molecule has 0 aliphatic carbocycles. The first-order chi connectivity index (χ1) is 9.56. The zero-order valence-corrected chi connectivity index (χ0v) is 11.4. The van der Waals surface area contributed by atoms with Gasteiger partial charge >= 0.3 is 0 Å². The molecule has 1 aromatic heterocycles. The van der Waals surface area contributed by atoms with Gasteiger partial charge in [0.15, 0.2) is 0 Å². The van der Waals surface area contributed by atoms with Crippen LogP contribution in [0.2, 0.25) is 5.02 Å². The maximum Gasteiger partial charge on any atom is 0.281 e. The van der Waals surface area contributed by atoms with Crippen molar-refractivity contribution in [1.82, 2.24) is 10.3 Å². The van der Waals surface area contributed by atoms with Crippen LogP contribution in [0.25, 0.3) is 0 Å². The monoisotopic (exact) mass is 298 g/mol. The number of ether oxygens (including phenoxy) is 2. The molecular formula is C11H11ClN4O4. The fourth-order valence-corrected chi connectivity index (χ4v) is 1.73. The Balaban J connectivity index is 2.31. The number of hydrogen-bond donors (Lipinski definition) is 2. The lowest BCUT2D eigenvalue weighted by Gasteiger charge is -2.12. The van der Waals surface area contributed by atoms with Gasteiger partial charge in [0.2, 0.25) is 11.5 Å². The van der Waals surface area contributed by atoms with E-state index in [0.29, 0.717) is 22.2 Å². The average Bonchev–Trinajstić information content (AvgIpc) is 2.85. The Morgan fingerprint density at radius 1 is 1.30 bits per heavy atom. The minimum atomic E-state index is -0.594. The molecule has 0 aliphatic heterocycles. The first-order valence-electron chi connectivity index (χ1n) is 5.37. The molecule has 0 bridgehead atoms. The van der Waals surface area contributed by atoms with Crippen LogP contribution in [0.3, 0.4) is 0 Å². The quantitative estimate of drug-likeness (QED) is 0.881. The number of amides is 1. The van der Waals surface area contributed by atoms with E-state index in [4.69, 9.17) is 26.8 Å². The van der Waals surface area contributed by atoms with Crippen LogP contribution in [0.15, 0.2) is 16.8 Å². The lowest BCUT2D eigenvalue weighted by Crippen LogP contribution is -2.15. The number of nitrogens with zero attached hydrogens (tertiary/aromatic N) is 2. The van der Waals surface area contributed by atoms with Crippen LogP contribution in [-0.4, -0.2) is 30.4 Å². The van der Waals surface area contributed by atoms with E-state index in [-0.39, 0.29) is 11.5 Å². The van der Waals surface area contributed by atoms with Gasteiger partial charge in [0.05, 0.1) is 24.9 Å². The Bertz CT molecular complexity index is 643. The van der Waals surface area contributed by atoms with Crippen LogP contribution in [0, 0.1) is 0 Å². The van der Waals surface area contributed by atoms with Gasteiger partial charge in [0, 0.05) is 6.07 Å². The van der Waals surface area contributed by atoms with Crippen molar-refractivity contribution in [3.8, 4) is 11.5 Å². The van der Waals surface area contributed by atoms with Crippen molar-refractivity contribution in [3.05, 3.63) is 22.8 Å². The summed E-state index contributed by atoms with van der Waals surface area (Å²) < 4.78 is 14.6. The smallest absolute Gasteiger partial charge is 0.281 e. The zero-order chi connectivity index (χ0) is 14.7. The summed E-state index contributed by atoms with van der Waals surface area (Å²) in [5.41, 5.74) is 5.65. The van der Waals surface area contributed by atoms with E-state index in [9.17, 15) is 4.79 Å². The molecule has 0 saturated heterocycles. The van der Waals surface area contributed by atoms with Gasteiger partial charge in [-0.3, -0.25) is 4.79 Å². The molecule has 1 aromatic carbocycles. The number of rotatable bonds is 4. The highest BCUT2D eigenvalue weighted by atomic mass is 35.5. The second-order valence-electron chi connectivity index (χ2n) is 3.64. The van der Waals surface area contributed by atoms with E-state index >= 15 is 0 Å². The molecule has 0 fully saturated rings. The summed E-state index contributed by atoms with van der Waals surface area (Å²) in [4.78, 5) is 11.9. The Morgan fingerprint density at radius 3 is 2.55 bits per heavy atom. The molecule has 0 saturated carbocycles. The van der Waals surface area contributed by atoms with E-state index < -0.39 is 5.91 Å². The molecule has 2 rings (SSSR count). The average molecular weight is 299 g/mol. The molecule has 1 amide bonds. The summed E-state index contributed by atoms with van der Waals surface area (Å²) in [6.45, 7) is 0. The van der Waals surface area contributed by atoms with Crippen LogP contribution in [0.4, 0.5) is 11.5 Å². The molecule has 0 spiro atoms. The number of nitrogens with two attached hydrogens (primary N) is 1. The summed E-state index contributed by atoms with van der Waals surface area (Å²) in [5, 5.41) is 9.59. The SMILES string of the molecule is COc1cc(OC)c(NC(=O)c2nonc2N)cc1Cl. The standard InChI is InChI=1S/C11H11ClN4O4/c1-18-7-4-8(19-2)6(3-5(7)12)14-11(17)9-10(13)16-20-15-9/h3-4H,1-2H3,(H2,13,16)(H,14,17). The predicted molar refractivity (Wildman–Crippen MR) is 71.2 cm³/mol. The van der Waals surface area contributed by atoms with E-state index in [2.05, 4.69) is 20.3 Å². The highest BCUT2D eigenvalue weighted by Gasteiger charge is 2.19. The van der Waals surface area contributed by atoms with Gasteiger partial charge in [-0.05, 0) is 16.4 Å². The Morgan fingerprint density at radius 2 is 2.00 bits per heavy atom. The second-order valence-corrected chi connectivity index (χ2v) is 4.05. The van der Waals surface area contributed by atoms with Gasteiger partial charge in [-0.25, -0.2) is 4.63 Å². The highest BCUT2D eigenvalue weighted by molar-refractivity contribution is 6.32. The van der Waals surface area contributed by atoms with Crippen LogP contribution in [0.5, 0.6) is 11.5 Å². The molecular weight excluding hydrogens is 288 g/mol. The summed E-state index contributed by atoms with van der Waals surface area (Å²) >= 11 is 6.00. The topological polar surface area (TPSA) is 112 Å². The summed E-state index contributed by atoms with van der Waals surface area (Å²) in [7, 11) is 2.92. The molecule has 3 N–H and O–H groups in total. The predicted octanol–water partition coefficient (Wildman–Crippen LogP) is 1.57. The van der Waals surface area contributed by atoms with E-state index in [0.717, 1.165) is 0 Å². The van der Waals surface area contributed by atoms with Crippen molar-refractivity contribution in [2.45, 2.75) is 0 Å². The largest absolute Gasteiger partial charge is 0.495 e.